The van der Waals surface area contributed by atoms with Crippen molar-refractivity contribution in [3.8, 4) is 0 Å². The molecule has 0 aromatic heterocycles. The first kappa shape index (κ1) is 17.7. The summed E-state index contributed by atoms with van der Waals surface area (Å²) in [4.78, 5) is 33.8. The molecule has 3 amide bonds. The summed E-state index contributed by atoms with van der Waals surface area (Å²) in [5.74, 6) is -1.17. The number of amides is 3. The van der Waals surface area contributed by atoms with Gasteiger partial charge < -0.3 is 16.4 Å². The number of primary amides is 1. The fourth-order valence-corrected chi connectivity index (χ4v) is 1.79. The summed E-state index contributed by atoms with van der Waals surface area (Å²) in [6, 6.07) is 7.38. The van der Waals surface area contributed by atoms with Crippen LogP contribution in [0.1, 0.15) is 43.1 Å². The van der Waals surface area contributed by atoms with Gasteiger partial charge in [0.1, 0.15) is 0 Å². The Kier molecular flexibility index (Phi) is 6.10. The first-order chi connectivity index (χ1) is 10.2. The zero-order chi connectivity index (χ0) is 16.8. The monoisotopic (exact) mass is 305 g/mol. The van der Waals surface area contributed by atoms with E-state index < -0.39 is 5.91 Å². The van der Waals surface area contributed by atoms with Crippen LogP contribution in [-0.4, -0.2) is 30.8 Å². The maximum absolute atomic E-state index is 11.9. The van der Waals surface area contributed by atoms with Crippen LogP contribution in [0.2, 0.25) is 0 Å². The molecule has 4 N–H and O–H groups in total. The van der Waals surface area contributed by atoms with Gasteiger partial charge >= 0.3 is 0 Å². The third-order valence-electron chi connectivity index (χ3n) is 3.11. The molecule has 0 radical (unpaired) electrons. The Morgan fingerprint density at radius 1 is 1.05 bits per heavy atom. The second-order valence-corrected chi connectivity index (χ2v) is 6.08. The van der Waals surface area contributed by atoms with E-state index in [2.05, 4.69) is 31.4 Å². The summed E-state index contributed by atoms with van der Waals surface area (Å²) in [6.45, 7) is 6.32. The Bertz CT molecular complexity index is 545. The van der Waals surface area contributed by atoms with Gasteiger partial charge in [-0.1, -0.05) is 32.9 Å². The zero-order valence-corrected chi connectivity index (χ0v) is 13.2. The van der Waals surface area contributed by atoms with E-state index in [1.165, 1.54) is 0 Å². The molecule has 1 rings (SSSR count). The van der Waals surface area contributed by atoms with E-state index in [0.29, 0.717) is 5.56 Å². The van der Waals surface area contributed by atoms with Gasteiger partial charge in [0.2, 0.25) is 11.8 Å². The van der Waals surface area contributed by atoms with Crippen molar-refractivity contribution in [2.24, 2.45) is 5.73 Å². The smallest absolute Gasteiger partial charge is 0.251 e. The van der Waals surface area contributed by atoms with Crippen molar-refractivity contribution in [1.82, 2.24) is 10.6 Å². The zero-order valence-electron chi connectivity index (χ0n) is 13.2. The predicted octanol–water partition coefficient (Wildman–Crippen LogP) is 0.706. The number of carbonyl (C=O) groups excluding carboxylic acids is 3. The Hall–Kier alpha value is -2.37. The molecular weight excluding hydrogens is 282 g/mol. The normalized spacial score (nSPS) is 10.9. The quantitative estimate of drug-likeness (QED) is 0.721. The Labute approximate surface area is 130 Å². The molecule has 1 aromatic rings. The number of hydrogen-bond acceptors (Lipinski definition) is 3. The molecule has 0 atom stereocenters. The van der Waals surface area contributed by atoms with E-state index >= 15 is 0 Å². The molecule has 6 heteroatoms. The molecule has 0 unspecified atom stereocenters. The molecule has 0 aliphatic heterocycles. The Morgan fingerprint density at radius 2 is 1.64 bits per heavy atom. The first-order valence-electron chi connectivity index (χ1n) is 7.14. The lowest BCUT2D eigenvalue weighted by Crippen LogP contribution is -2.35. The number of nitrogens with one attached hydrogen (secondary N) is 2. The van der Waals surface area contributed by atoms with Crippen molar-refractivity contribution in [3.05, 3.63) is 35.4 Å². The lowest BCUT2D eigenvalue weighted by molar-refractivity contribution is -0.124. The molecule has 0 heterocycles. The van der Waals surface area contributed by atoms with E-state index in [4.69, 9.17) is 5.73 Å². The van der Waals surface area contributed by atoms with Crippen molar-refractivity contribution in [1.29, 1.82) is 0 Å². The third kappa shape index (κ3) is 5.95. The number of benzene rings is 1. The van der Waals surface area contributed by atoms with Gasteiger partial charge in [-0.15, -0.1) is 0 Å². The van der Waals surface area contributed by atoms with E-state index in [1.807, 2.05) is 12.1 Å². The molecule has 0 saturated carbocycles. The summed E-state index contributed by atoms with van der Waals surface area (Å²) in [6.07, 6.45) is 0.0963. The molecule has 0 aliphatic carbocycles. The van der Waals surface area contributed by atoms with Crippen molar-refractivity contribution in [3.63, 3.8) is 0 Å². The number of carbonyl (C=O) groups is 3. The molecule has 0 bridgehead atoms. The van der Waals surface area contributed by atoms with Crippen LogP contribution in [-0.2, 0) is 15.0 Å². The van der Waals surface area contributed by atoms with Gasteiger partial charge in [0.05, 0.1) is 6.54 Å². The third-order valence-corrected chi connectivity index (χ3v) is 3.11. The Balaban J connectivity index is 2.43. The molecule has 22 heavy (non-hydrogen) atoms. The van der Waals surface area contributed by atoms with Crippen molar-refractivity contribution in [2.75, 3.05) is 13.1 Å². The fourth-order valence-electron chi connectivity index (χ4n) is 1.79. The molecule has 0 spiro atoms. The predicted molar refractivity (Wildman–Crippen MR) is 84.3 cm³/mol. The minimum atomic E-state index is -0.601. The van der Waals surface area contributed by atoms with Crippen molar-refractivity contribution >= 4 is 17.7 Å². The van der Waals surface area contributed by atoms with Crippen LogP contribution in [0.25, 0.3) is 0 Å². The van der Waals surface area contributed by atoms with Crippen LogP contribution in [0.4, 0.5) is 0 Å². The summed E-state index contributed by atoms with van der Waals surface area (Å²) >= 11 is 0. The Morgan fingerprint density at radius 3 is 2.14 bits per heavy atom. The number of nitrogens with two attached hydrogens (primary N) is 1. The highest BCUT2D eigenvalue weighted by molar-refractivity contribution is 5.94. The summed E-state index contributed by atoms with van der Waals surface area (Å²) < 4.78 is 0. The largest absolute Gasteiger partial charge is 0.368 e. The van der Waals surface area contributed by atoms with Crippen LogP contribution in [0.3, 0.4) is 0 Å². The van der Waals surface area contributed by atoms with Crippen LogP contribution in [0.15, 0.2) is 24.3 Å². The van der Waals surface area contributed by atoms with Gasteiger partial charge in [0.15, 0.2) is 0 Å². The fraction of sp³-hybridized carbons (Fsp3) is 0.438. The van der Waals surface area contributed by atoms with Crippen LogP contribution in [0, 0.1) is 0 Å². The van der Waals surface area contributed by atoms with E-state index in [1.54, 1.807) is 12.1 Å². The van der Waals surface area contributed by atoms with Gasteiger partial charge in [-0.25, -0.2) is 0 Å². The van der Waals surface area contributed by atoms with Crippen molar-refractivity contribution in [2.45, 2.75) is 32.6 Å². The number of hydrogen-bond donors (Lipinski definition) is 3. The molecular formula is C16H23N3O3. The topological polar surface area (TPSA) is 101 Å². The SMILES string of the molecule is CC(C)(C)c1ccc(C(=O)NCCC(=O)NCC(N)=O)cc1. The summed E-state index contributed by atoms with van der Waals surface area (Å²) in [5.41, 5.74) is 6.64. The molecule has 1 aromatic carbocycles. The second kappa shape index (κ2) is 7.59. The highest BCUT2D eigenvalue weighted by Gasteiger charge is 2.14. The highest BCUT2D eigenvalue weighted by atomic mass is 16.2. The first-order valence-corrected chi connectivity index (χ1v) is 7.14. The van der Waals surface area contributed by atoms with E-state index in [-0.39, 0.29) is 36.7 Å². The summed E-state index contributed by atoms with van der Waals surface area (Å²) in [5, 5.41) is 5.01. The average molecular weight is 305 g/mol. The van der Waals surface area contributed by atoms with E-state index in [0.717, 1.165) is 5.56 Å². The van der Waals surface area contributed by atoms with Gasteiger partial charge in [-0.2, -0.15) is 0 Å². The van der Waals surface area contributed by atoms with Gasteiger partial charge in [0.25, 0.3) is 5.91 Å². The second-order valence-electron chi connectivity index (χ2n) is 6.08. The summed E-state index contributed by atoms with van der Waals surface area (Å²) in [7, 11) is 0. The van der Waals surface area contributed by atoms with Gasteiger partial charge in [-0.05, 0) is 23.1 Å². The standard InChI is InChI=1S/C16H23N3O3/c1-16(2,3)12-6-4-11(5-7-12)15(22)18-9-8-14(21)19-10-13(17)20/h4-7H,8-10H2,1-3H3,(H2,17,20)(H,18,22)(H,19,21). The molecule has 120 valence electrons. The lowest BCUT2D eigenvalue weighted by Gasteiger charge is -2.19. The molecule has 6 nitrogen and oxygen atoms in total. The van der Waals surface area contributed by atoms with Crippen LogP contribution < -0.4 is 16.4 Å². The average Bonchev–Trinajstić information content (AvgIpc) is 2.44. The molecule has 0 fully saturated rings. The van der Waals surface area contributed by atoms with Gasteiger partial charge in [-0.3, -0.25) is 14.4 Å². The highest BCUT2D eigenvalue weighted by Crippen LogP contribution is 2.22. The number of rotatable bonds is 6. The maximum atomic E-state index is 11.9. The van der Waals surface area contributed by atoms with Crippen LogP contribution in [0.5, 0.6) is 0 Å². The minimum Gasteiger partial charge on any atom is -0.368 e. The van der Waals surface area contributed by atoms with E-state index in [9.17, 15) is 14.4 Å². The minimum absolute atomic E-state index is 0.0352. The van der Waals surface area contributed by atoms with Gasteiger partial charge in [0, 0.05) is 18.5 Å². The molecule has 0 saturated heterocycles. The molecule has 0 aliphatic rings. The van der Waals surface area contributed by atoms with Crippen LogP contribution >= 0.6 is 0 Å². The lowest BCUT2D eigenvalue weighted by atomic mass is 9.87. The maximum Gasteiger partial charge on any atom is 0.251 e. The van der Waals surface area contributed by atoms with Crippen molar-refractivity contribution < 1.29 is 14.4 Å².